The van der Waals surface area contributed by atoms with Gasteiger partial charge in [0.05, 0.1) is 25.3 Å². The van der Waals surface area contributed by atoms with Gasteiger partial charge in [-0.3, -0.25) is 4.79 Å². The second-order valence-electron chi connectivity index (χ2n) is 4.28. The van der Waals surface area contributed by atoms with Gasteiger partial charge in [0.1, 0.15) is 5.75 Å². The minimum Gasteiger partial charge on any atom is -0.496 e. The van der Waals surface area contributed by atoms with Crippen molar-refractivity contribution in [2.45, 2.75) is 12.5 Å². The van der Waals surface area contributed by atoms with Gasteiger partial charge in [0.2, 0.25) is 0 Å². The first-order valence-corrected chi connectivity index (χ1v) is 6.61. The summed E-state index contributed by atoms with van der Waals surface area (Å²) in [5.41, 5.74) is 0.579. The van der Waals surface area contributed by atoms with Crippen LogP contribution in [0.15, 0.2) is 22.7 Å². The fourth-order valence-electron chi connectivity index (χ4n) is 2.03. The van der Waals surface area contributed by atoms with Crippen LogP contribution in [0, 0.1) is 0 Å². The van der Waals surface area contributed by atoms with E-state index >= 15 is 0 Å². The monoisotopic (exact) mass is 313 g/mol. The van der Waals surface area contributed by atoms with Gasteiger partial charge in [0, 0.05) is 18.1 Å². The lowest BCUT2D eigenvalue weighted by Crippen LogP contribution is -2.37. The Hall–Kier alpha value is -1.07. The first-order chi connectivity index (χ1) is 8.63. The molecule has 1 unspecified atom stereocenters. The van der Waals surface area contributed by atoms with Crippen molar-refractivity contribution < 1.29 is 14.3 Å². The molecule has 1 amide bonds. The van der Waals surface area contributed by atoms with Gasteiger partial charge in [-0.05, 0) is 24.6 Å². The molecule has 4 nitrogen and oxygen atoms in total. The number of carbonyl (C=O) groups excluding carboxylic acids is 1. The molecule has 1 aromatic rings. The molecule has 0 aliphatic carbocycles. The highest BCUT2D eigenvalue weighted by Crippen LogP contribution is 2.25. The lowest BCUT2D eigenvalue weighted by Gasteiger charge is -2.24. The van der Waals surface area contributed by atoms with E-state index in [1.165, 1.54) is 0 Å². The molecule has 5 heteroatoms. The fourth-order valence-corrected chi connectivity index (χ4v) is 2.37. The van der Waals surface area contributed by atoms with Gasteiger partial charge in [-0.2, -0.15) is 0 Å². The number of halogens is 1. The molecule has 1 fully saturated rings. The standard InChI is InChI=1S/C13H16BrNO3/c1-15(10-5-6-18-8-10)13(16)11-4-3-9(14)7-12(11)17-2/h3-4,7,10H,5-6,8H2,1-2H3. The predicted octanol–water partition coefficient (Wildman–Crippen LogP) is 2.32. The van der Waals surface area contributed by atoms with Crippen LogP contribution in [0.5, 0.6) is 5.75 Å². The van der Waals surface area contributed by atoms with E-state index in [1.54, 1.807) is 24.1 Å². The van der Waals surface area contributed by atoms with Crippen molar-refractivity contribution in [2.75, 3.05) is 27.4 Å². The molecule has 0 aromatic heterocycles. The molecule has 18 heavy (non-hydrogen) atoms. The SMILES string of the molecule is COc1cc(Br)ccc1C(=O)N(C)C1CCOC1. The van der Waals surface area contributed by atoms with Crippen molar-refractivity contribution >= 4 is 21.8 Å². The average molecular weight is 314 g/mol. The highest BCUT2D eigenvalue weighted by atomic mass is 79.9. The topological polar surface area (TPSA) is 38.8 Å². The van der Waals surface area contributed by atoms with Crippen LogP contribution >= 0.6 is 15.9 Å². The van der Waals surface area contributed by atoms with E-state index < -0.39 is 0 Å². The summed E-state index contributed by atoms with van der Waals surface area (Å²) in [6, 6.07) is 5.57. The summed E-state index contributed by atoms with van der Waals surface area (Å²) >= 11 is 3.36. The van der Waals surface area contributed by atoms with Crippen LogP contribution in [-0.2, 0) is 4.74 Å². The molecule has 1 aliphatic heterocycles. The van der Waals surface area contributed by atoms with Crippen LogP contribution in [-0.4, -0.2) is 44.2 Å². The molecular weight excluding hydrogens is 298 g/mol. The second kappa shape index (κ2) is 5.71. The predicted molar refractivity (Wildman–Crippen MR) is 72.0 cm³/mol. The third-order valence-corrected chi connectivity index (χ3v) is 3.66. The van der Waals surface area contributed by atoms with Crippen molar-refractivity contribution in [1.29, 1.82) is 0 Å². The zero-order chi connectivity index (χ0) is 13.1. The van der Waals surface area contributed by atoms with Crippen LogP contribution in [0.1, 0.15) is 16.8 Å². The van der Waals surface area contributed by atoms with Crippen LogP contribution in [0.2, 0.25) is 0 Å². The van der Waals surface area contributed by atoms with Crippen molar-refractivity contribution in [1.82, 2.24) is 4.90 Å². The third-order valence-electron chi connectivity index (χ3n) is 3.17. The first kappa shape index (κ1) is 13.4. The number of nitrogens with zero attached hydrogens (tertiary/aromatic N) is 1. The van der Waals surface area contributed by atoms with E-state index in [0.29, 0.717) is 17.9 Å². The molecule has 1 atom stereocenters. The van der Waals surface area contributed by atoms with E-state index in [-0.39, 0.29) is 11.9 Å². The van der Waals surface area contributed by atoms with Gasteiger partial charge in [-0.1, -0.05) is 15.9 Å². The quantitative estimate of drug-likeness (QED) is 0.859. The molecular formula is C13H16BrNO3. The smallest absolute Gasteiger partial charge is 0.257 e. The molecule has 1 aromatic carbocycles. The minimum atomic E-state index is -0.0325. The van der Waals surface area contributed by atoms with Gasteiger partial charge in [0.15, 0.2) is 0 Å². The summed E-state index contributed by atoms with van der Waals surface area (Å²) in [7, 11) is 3.38. The molecule has 98 valence electrons. The Morgan fingerprint density at radius 2 is 2.33 bits per heavy atom. The van der Waals surface area contributed by atoms with Gasteiger partial charge < -0.3 is 14.4 Å². The zero-order valence-electron chi connectivity index (χ0n) is 10.5. The van der Waals surface area contributed by atoms with E-state index in [2.05, 4.69) is 15.9 Å². The molecule has 0 saturated carbocycles. The van der Waals surface area contributed by atoms with Gasteiger partial charge >= 0.3 is 0 Å². The Labute approximate surface area is 115 Å². The van der Waals surface area contributed by atoms with Crippen LogP contribution < -0.4 is 4.74 Å². The number of hydrogen-bond donors (Lipinski definition) is 0. The molecule has 1 heterocycles. The average Bonchev–Trinajstić information content (AvgIpc) is 2.90. The van der Waals surface area contributed by atoms with Gasteiger partial charge in [0.25, 0.3) is 5.91 Å². The zero-order valence-corrected chi connectivity index (χ0v) is 12.1. The van der Waals surface area contributed by atoms with Crippen LogP contribution in [0.3, 0.4) is 0 Å². The number of benzene rings is 1. The summed E-state index contributed by atoms with van der Waals surface area (Å²) in [6.07, 6.45) is 0.890. The number of likely N-dealkylation sites (N-methyl/N-ethyl adjacent to an activating group) is 1. The van der Waals surface area contributed by atoms with Gasteiger partial charge in [-0.25, -0.2) is 0 Å². The summed E-state index contributed by atoms with van der Waals surface area (Å²) in [5.74, 6) is 0.551. The number of ether oxygens (including phenoxy) is 2. The largest absolute Gasteiger partial charge is 0.496 e. The molecule has 2 rings (SSSR count). The van der Waals surface area contributed by atoms with E-state index in [9.17, 15) is 4.79 Å². The Bertz CT molecular complexity index is 444. The Balaban J connectivity index is 2.22. The highest BCUT2D eigenvalue weighted by molar-refractivity contribution is 9.10. The van der Waals surface area contributed by atoms with Crippen molar-refractivity contribution in [3.8, 4) is 5.75 Å². The maximum Gasteiger partial charge on any atom is 0.257 e. The number of amides is 1. The second-order valence-corrected chi connectivity index (χ2v) is 5.19. The fraction of sp³-hybridized carbons (Fsp3) is 0.462. The molecule has 0 N–H and O–H groups in total. The summed E-state index contributed by atoms with van der Waals surface area (Å²) in [4.78, 5) is 14.1. The number of carbonyl (C=O) groups is 1. The van der Waals surface area contributed by atoms with E-state index in [4.69, 9.17) is 9.47 Å². The van der Waals surface area contributed by atoms with Gasteiger partial charge in [-0.15, -0.1) is 0 Å². The van der Waals surface area contributed by atoms with E-state index in [0.717, 1.165) is 17.5 Å². The molecule has 0 bridgehead atoms. The lowest BCUT2D eigenvalue weighted by atomic mass is 10.1. The maximum absolute atomic E-state index is 12.4. The summed E-state index contributed by atoms with van der Waals surface area (Å²) in [5, 5.41) is 0. The first-order valence-electron chi connectivity index (χ1n) is 5.82. The van der Waals surface area contributed by atoms with Crippen molar-refractivity contribution in [2.24, 2.45) is 0 Å². The van der Waals surface area contributed by atoms with Crippen molar-refractivity contribution in [3.63, 3.8) is 0 Å². The number of methoxy groups -OCH3 is 1. The molecule has 1 aliphatic rings. The van der Waals surface area contributed by atoms with E-state index in [1.807, 2.05) is 13.1 Å². The Morgan fingerprint density at radius 1 is 1.56 bits per heavy atom. The molecule has 0 spiro atoms. The summed E-state index contributed by atoms with van der Waals surface area (Å²) < 4.78 is 11.5. The third kappa shape index (κ3) is 2.67. The minimum absolute atomic E-state index is 0.0325. The normalized spacial score (nSPS) is 18.7. The Morgan fingerprint density at radius 3 is 2.94 bits per heavy atom. The molecule has 1 saturated heterocycles. The maximum atomic E-state index is 12.4. The summed E-state index contributed by atoms with van der Waals surface area (Å²) in [6.45, 7) is 1.33. The molecule has 0 radical (unpaired) electrons. The Kier molecular flexibility index (Phi) is 4.24. The van der Waals surface area contributed by atoms with Crippen molar-refractivity contribution in [3.05, 3.63) is 28.2 Å². The van der Waals surface area contributed by atoms with Crippen LogP contribution in [0.4, 0.5) is 0 Å². The highest BCUT2D eigenvalue weighted by Gasteiger charge is 2.26. The number of hydrogen-bond acceptors (Lipinski definition) is 3. The van der Waals surface area contributed by atoms with Crippen LogP contribution in [0.25, 0.3) is 0 Å². The lowest BCUT2D eigenvalue weighted by molar-refractivity contribution is 0.0708. The number of rotatable bonds is 3.